The van der Waals surface area contributed by atoms with Crippen LogP contribution in [-0.4, -0.2) is 42.9 Å². The van der Waals surface area contributed by atoms with Gasteiger partial charge in [-0.05, 0) is 37.9 Å². The fourth-order valence-corrected chi connectivity index (χ4v) is 2.99. The standard InChI is InChI=1S/C17H24N2O2/c1-19(11-14-6-2-3-7-14)12-16(20)13-21-17-9-5-4-8-15(17)10-18/h4-5,8-9,14,16,20H,2-3,6-7,11-13H2,1H3. The van der Waals surface area contributed by atoms with Gasteiger partial charge in [-0.25, -0.2) is 0 Å². The van der Waals surface area contributed by atoms with Gasteiger partial charge in [0, 0.05) is 13.1 Å². The number of benzene rings is 1. The SMILES string of the molecule is CN(CC(O)COc1ccccc1C#N)CC1CCCC1. The third-order valence-corrected chi connectivity index (χ3v) is 4.01. The molecule has 1 aliphatic carbocycles. The highest BCUT2D eigenvalue weighted by atomic mass is 16.5. The van der Waals surface area contributed by atoms with E-state index in [1.165, 1.54) is 25.7 Å². The first kappa shape index (κ1) is 15.8. The molecular weight excluding hydrogens is 264 g/mol. The molecule has 0 heterocycles. The van der Waals surface area contributed by atoms with Gasteiger partial charge < -0.3 is 14.7 Å². The molecule has 0 amide bonds. The van der Waals surface area contributed by atoms with Gasteiger partial charge in [0.2, 0.25) is 0 Å². The molecule has 1 aromatic rings. The van der Waals surface area contributed by atoms with Gasteiger partial charge in [-0.2, -0.15) is 5.26 Å². The number of nitriles is 1. The molecule has 21 heavy (non-hydrogen) atoms. The first-order valence-corrected chi connectivity index (χ1v) is 7.67. The quantitative estimate of drug-likeness (QED) is 0.837. The molecule has 1 saturated carbocycles. The van der Waals surface area contributed by atoms with E-state index in [2.05, 4.69) is 11.0 Å². The van der Waals surface area contributed by atoms with Gasteiger partial charge in [0.1, 0.15) is 24.5 Å². The van der Waals surface area contributed by atoms with Crippen LogP contribution in [0.5, 0.6) is 5.75 Å². The molecule has 4 nitrogen and oxygen atoms in total. The van der Waals surface area contributed by atoms with Crippen LogP contribution in [0.3, 0.4) is 0 Å². The van der Waals surface area contributed by atoms with E-state index in [1.807, 2.05) is 13.1 Å². The number of aliphatic hydroxyl groups excluding tert-OH is 1. The van der Waals surface area contributed by atoms with Crippen molar-refractivity contribution < 1.29 is 9.84 Å². The molecule has 114 valence electrons. The molecule has 1 aromatic carbocycles. The maximum Gasteiger partial charge on any atom is 0.137 e. The minimum atomic E-state index is -0.539. The largest absolute Gasteiger partial charge is 0.489 e. The van der Waals surface area contributed by atoms with Gasteiger partial charge in [-0.3, -0.25) is 0 Å². The van der Waals surface area contributed by atoms with Gasteiger partial charge in [-0.1, -0.05) is 25.0 Å². The van der Waals surface area contributed by atoms with Crippen LogP contribution in [0, 0.1) is 17.2 Å². The Kier molecular flexibility index (Phi) is 6.04. The van der Waals surface area contributed by atoms with Crippen LogP contribution in [0.2, 0.25) is 0 Å². The number of aliphatic hydroxyl groups is 1. The predicted molar refractivity (Wildman–Crippen MR) is 82.1 cm³/mol. The fourth-order valence-electron chi connectivity index (χ4n) is 2.99. The van der Waals surface area contributed by atoms with E-state index in [0.717, 1.165) is 12.5 Å². The monoisotopic (exact) mass is 288 g/mol. The van der Waals surface area contributed by atoms with Crippen LogP contribution in [0.25, 0.3) is 0 Å². The summed E-state index contributed by atoms with van der Waals surface area (Å²) in [5.41, 5.74) is 0.504. The van der Waals surface area contributed by atoms with Crippen molar-refractivity contribution in [3.63, 3.8) is 0 Å². The molecule has 2 rings (SSSR count). The normalized spacial score (nSPS) is 16.9. The molecule has 1 unspecified atom stereocenters. The Balaban J connectivity index is 1.73. The van der Waals surface area contributed by atoms with Crippen molar-refractivity contribution >= 4 is 0 Å². The van der Waals surface area contributed by atoms with Crippen LogP contribution in [0.4, 0.5) is 0 Å². The zero-order chi connectivity index (χ0) is 15.1. The second-order valence-electron chi connectivity index (χ2n) is 5.94. The molecule has 1 aliphatic rings. The van der Waals surface area contributed by atoms with E-state index in [0.29, 0.717) is 17.9 Å². The van der Waals surface area contributed by atoms with Crippen LogP contribution in [0.15, 0.2) is 24.3 Å². The lowest BCUT2D eigenvalue weighted by Gasteiger charge is -2.23. The lowest BCUT2D eigenvalue weighted by molar-refractivity contribution is 0.0719. The summed E-state index contributed by atoms with van der Waals surface area (Å²) in [6, 6.07) is 9.20. The molecule has 1 atom stereocenters. The Morgan fingerprint density at radius 1 is 1.38 bits per heavy atom. The molecule has 0 radical (unpaired) electrons. The van der Waals surface area contributed by atoms with Gasteiger partial charge in [0.25, 0.3) is 0 Å². The number of hydrogen-bond donors (Lipinski definition) is 1. The average molecular weight is 288 g/mol. The smallest absolute Gasteiger partial charge is 0.137 e. The van der Waals surface area contributed by atoms with Gasteiger partial charge >= 0.3 is 0 Å². The number of likely N-dealkylation sites (N-methyl/N-ethyl adjacent to an activating group) is 1. The summed E-state index contributed by atoms with van der Waals surface area (Å²) in [5, 5.41) is 19.1. The summed E-state index contributed by atoms with van der Waals surface area (Å²) in [7, 11) is 2.05. The minimum absolute atomic E-state index is 0.216. The second-order valence-corrected chi connectivity index (χ2v) is 5.94. The van der Waals surface area contributed by atoms with Crippen LogP contribution in [-0.2, 0) is 0 Å². The zero-order valence-electron chi connectivity index (χ0n) is 12.7. The van der Waals surface area contributed by atoms with Crippen molar-refractivity contribution in [1.82, 2.24) is 4.90 Å². The number of rotatable bonds is 7. The van der Waals surface area contributed by atoms with Crippen molar-refractivity contribution in [3.8, 4) is 11.8 Å². The van der Waals surface area contributed by atoms with Crippen molar-refractivity contribution in [1.29, 1.82) is 5.26 Å². The Hall–Kier alpha value is -1.57. The molecule has 0 spiro atoms. The summed E-state index contributed by atoms with van der Waals surface area (Å²) in [4.78, 5) is 2.18. The lowest BCUT2D eigenvalue weighted by atomic mass is 10.1. The third kappa shape index (κ3) is 5.04. The molecule has 0 aromatic heterocycles. The molecule has 1 fully saturated rings. The second kappa shape index (κ2) is 8.02. The van der Waals surface area contributed by atoms with E-state index >= 15 is 0 Å². The Morgan fingerprint density at radius 3 is 2.81 bits per heavy atom. The number of para-hydroxylation sites is 1. The topological polar surface area (TPSA) is 56.5 Å². The van der Waals surface area contributed by atoms with Crippen LogP contribution in [0.1, 0.15) is 31.2 Å². The highest BCUT2D eigenvalue weighted by molar-refractivity contribution is 5.42. The fraction of sp³-hybridized carbons (Fsp3) is 0.588. The molecular formula is C17H24N2O2. The van der Waals surface area contributed by atoms with E-state index in [4.69, 9.17) is 10.00 Å². The van der Waals surface area contributed by atoms with E-state index in [1.54, 1.807) is 18.2 Å². The molecule has 1 N–H and O–H groups in total. The summed E-state index contributed by atoms with van der Waals surface area (Å²) in [6.45, 7) is 1.87. The Morgan fingerprint density at radius 2 is 2.10 bits per heavy atom. The maximum atomic E-state index is 10.1. The first-order valence-electron chi connectivity index (χ1n) is 7.67. The molecule has 0 aliphatic heterocycles. The summed E-state index contributed by atoms with van der Waals surface area (Å²) >= 11 is 0. The summed E-state index contributed by atoms with van der Waals surface area (Å²) in [5.74, 6) is 1.32. The first-order chi connectivity index (χ1) is 10.2. The van der Waals surface area contributed by atoms with Crippen LogP contribution < -0.4 is 4.74 Å². The zero-order valence-corrected chi connectivity index (χ0v) is 12.7. The van der Waals surface area contributed by atoms with Gasteiger partial charge in [-0.15, -0.1) is 0 Å². The Labute approximate surface area is 127 Å². The van der Waals surface area contributed by atoms with Crippen molar-refractivity contribution in [2.45, 2.75) is 31.8 Å². The van der Waals surface area contributed by atoms with Crippen LogP contribution >= 0.6 is 0 Å². The molecule has 4 heteroatoms. The summed E-state index contributed by atoms with van der Waals surface area (Å²) in [6.07, 6.45) is 4.77. The van der Waals surface area contributed by atoms with Crippen molar-refractivity contribution in [3.05, 3.63) is 29.8 Å². The third-order valence-electron chi connectivity index (χ3n) is 4.01. The summed E-state index contributed by atoms with van der Waals surface area (Å²) < 4.78 is 5.56. The van der Waals surface area contributed by atoms with Gasteiger partial charge in [0.15, 0.2) is 0 Å². The van der Waals surface area contributed by atoms with E-state index < -0.39 is 6.10 Å². The van der Waals surface area contributed by atoms with E-state index in [-0.39, 0.29) is 6.61 Å². The van der Waals surface area contributed by atoms with E-state index in [9.17, 15) is 5.11 Å². The van der Waals surface area contributed by atoms with Crippen molar-refractivity contribution in [2.24, 2.45) is 5.92 Å². The minimum Gasteiger partial charge on any atom is -0.489 e. The Bertz CT molecular complexity index is 478. The number of nitrogens with zero attached hydrogens (tertiary/aromatic N) is 2. The molecule has 0 bridgehead atoms. The predicted octanol–water partition coefficient (Wildman–Crippen LogP) is 2.42. The highest BCUT2D eigenvalue weighted by Gasteiger charge is 2.18. The maximum absolute atomic E-state index is 10.1. The number of ether oxygens (including phenoxy) is 1. The number of hydrogen-bond acceptors (Lipinski definition) is 4. The average Bonchev–Trinajstić information content (AvgIpc) is 2.98. The highest BCUT2D eigenvalue weighted by Crippen LogP contribution is 2.25. The van der Waals surface area contributed by atoms with Gasteiger partial charge in [0.05, 0.1) is 5.56 Å². The van der Waals surface area contributed by atoms with Crippen molar-refractivity contribution in [2.75, 3.05) is 26.7 Å². The lowest BCUT2D eigenvalue weighted by Crippen LogP contribution is -2.35. The molecule has 0 saturated heterocycles.